The highest BCUT2D eigenvalue weighted by Crippen LogP contribution is 2.41. The number of aromatic nitrogens is 5. The Hall–Kier alpha value is -8.80. The molecule has 5 nitrogen and oxygen atoms in total. The summed E-state index contributed by atoms with van der Waals surface area (Å²) in [6.45, 7) is 0. The first-order valence-electron chi connectivity index (χ1n) is 22.2. The molecule has 14 rings (SSSR count). The molecule has 302 valence electrons. The smallest absolute Gasteiger partial charge is 0.162 e. The Labute approximate surface area is 373 Å². The van der Waals surface area contributed by atoms with Gasteiger partial charge in [0.25, 0.3) is 0 Å². The molecule has 0 N–H and O–H groups in total. The molecule has 0 radical (unpaired) electrons. The summed E-state index contributed by atoms with van der Waals surface area (Å²) in [6, 6.07) is 80.9. The van der Waals surface area contributed by atoms with E-state index in [1.54, 1.807) is 0 Å². The van der Waals surface area contributed by atoms with Gasteiger partial charge >= 0.3 is 0 Å². The van der Waals surface area contributed by atoms with E-state index in [9.17, 15) is 0 Å². The van der Waals surface area contributed by atoms with Crippen molar-refractivity contribution in [1.29, 1.82) is 0 Å². The zero-order chi connectivity index (χ0) is 42.6. The molecule has 0 unspecified atom stereocenters. The van der Waals surface area contributed by atoms with Crippen LogP contribution in [0.1, 0.15) is 0 Å². The number of hydrogen-bond acceptors (Lipinski definition) is 2. The van der Waals surface area contributed by atoms with Gasteiger partial charge in [-0.3, -0.25) is 4.57 Å². The predicted octanol–water partition coefficient (Wildman–Crippen LogP) is 15.4. The van der Waals surface area contributed by atoms with Crippen molar-refractivity contribution in [3.05, 3.63) is 224 Å². The van der Waals surface area contributed by atoms with Gasteiger partial charge in [0, 0.05) is 60.0 Å². The van der Waals surface area contributed by atoms with Gasteiger partial charge in [0.05, 0.1) is 38.6 Å². The number of fused-ring (bicyclic) bond motifs is 12. The molecule has 0 atom stereocenters. The van der Waals surface area contributed by atoms with Gasteiger partial charge in [0.15, 0.2) is 5.82 Å². The van der Waals surface area contributed by atoms with E-state index in [-0.39, 0.29) is 0 Å². The third-order valence-electron chi connectivity index (χ3n) is 13.4. The average molecular weight is 828 g/mol. The Morgan fingerprint density at radius 1 is 0.262 bits per heavy atom. The third kappa shape index (κ3) is 5.33. The van der Waals surface area contributed by atoms with E-state index in [0.29, 0.717) is 5.82 Å². The molecule has 0 bridgehead atoms. The van der Waals surface area contributed by atoms with Crippen molar-refractivity contribution in [3.63, 3.8) is 0 Å². The molecule has 4 aromatic heterocycles. The van der Waals surface area contributed by atoms with Gasteiger partial charge in [-0.2, -0.15) is 0 Å². The van der Waals surface area contributed by atoms with Crippen LogP contribution in [0, 0.1) is 0 Å². The first-order chi connectivity index (χ1) is 32.2. The molecule has 0 fully saturated rings. The molecule has 5 heteroatoms. The minimum Gasteiger partial charge on any atom is -0.309 e. The van der Waals surface area contributed by atoms with E-state index >= 15 is 0 Å². The van der Waals surface area contributed by atoms with Crippen LogP contribution in [0.15, 0.2) is 224 Å². The van der Waals surface area contributed by atoms with Crippen molar-refractivity contribution < 1.29 is 0 Å². The van der Waals surface area contributed by atoms with E-state index in [2.05, 4.69) is 238 Å². The number of benzene rings is 10. The summed E-state index contributed by atoms with van der Waals surface area (Å²) in [4.78, 5) is 11.1. The quantitative estimate of drug-likeness (QED) is 0.162. The zero-order valence-electron chi connectivity index (χ0n) is 35.1. The SMILES string of the molecule is c1ccc(-c2cccc(-c3nc(-n4c5cc(-n6c7ccccc7c7ccccc76)ccc5c5ccc(-n6c7ccccc7c7ccccc76)cc54)c4ccc5ccccc5c4n3)c2)cc1. The van der Waals surface area contributed by atoms with Crippen molar-refractivity contribution in [2.45, 2.75) is 0 Å². The van der Waals surface area contributed by atoms with Crippen LogP contribution in [0.25, 0.3) is 127 Å². The Kier molecular flexibility index (Phi) is 7.62. The Balaban J connectivity index is 1.12. The van der Waals surface area contributed by atoms with Crippen LogP contribution in [0.2, 0.25) is 0 Å². The van der Waals surface area contributed by atoms with Gasteiger partial charge in [0.2, 0.25) is 0 Å². The van der Waals surface area contributed by atoms with Crippen molar-refractivity contribution >= 4 is 87.1 Å². The molecular formula is C60H37N5. The minimum atomic E-state index is 0.675. The molecule has 0 aliphatic rings. The average Bonchev–Trinajstić information content (AvgIpc) is 4.01. The second-order valence-electron chi connectivity index (χ2n) is 17.0. The molecule has 0 saturated heterocycles. The lowest BCUT2D eigenvalue weighted by atomic mass is 10.0. The number of rotatable bonds is 5. The van der Waals surface area contributed by atoms with Gasteiger partial charge < -0.3 is 9.13 Å². The van der Waals surface area contributed by atoms with E-state index in [4.69, 9.17) is 9.97 Å². The Morgan fingerprint density at radius 2 is 0.708 bits per heavy atom. The fourth-order valence-electron chi connectivity index (χ4n) is 10.5. The largest absolute Gasteiger partial charge is 0.309 e. The number of para-hydroxylation sites is 4. The fraction of sp³-hybridized carbons (Fsp3) is 0. The highest BCUT2D eigenvalue weighted by atomic mass is 15.1. The lowest BCUT2D eigenvalue weighted by molar-refractivity contribution is 1.07. The summed E-state index contributed by atoms with van der Waals surface area (Å²) in [5.74, 6) is 1.51. The second kappa shape index (κ2) is 13.9. The molecule has 0 aliphatic heterocycles. The van der Waals surface area contributed by atoms with Crippen molar-refractivity contribution in [2.75, 3.05) is 0 Å². The van der Waals surface area contributed by atoms with Crippen molar-refractivity contribution in [2.24, 2.45) is 0 Å². The maximum Gasteiger partial charge on any atom is 0.162 e. The molecule has 0 amide bonds. The molecule has 10 aromatic carbocycles. The second-order valence-corrected chi connectivity index (χ2v) is 17.0. The molecule has 0 saturated carbocycles. The third-order valence-corrected chi connectivity index (χ3v) is 13.4. The zero-order valence-corrected chi connectivity index (χ0v) is 35.1. The van der Waals surface area contributed by atoms with Crippen LogP contribution in [-0.4, -0.2) is 23.7 Å². The maximum atomic E-state index is 5.68. The molecule has 65 heavy (non-hydrogen) atoms. The van der Waals surface area contributed by atoms with Gasteiger partial charge in [-0.25, -0.2) is 9.97 Å². The topological polar surface area (TPSA) is 40.6 Å². The van der Waals surface area contributed by atoms with Gasteiger partial charge in [-0.1, -0.05) is 164 Å². The first kappa shape index (κ1) is 35.8. The molecule has 0 spiro atoms. The monoisotopic (exact) mass is 827 g/mol. The summed E-state index contributed by atoms with van der Waals surface area (Å²) < 4.78 is 7.21. The van der Waals surface area contributed by atoms with E-state index < -0.39 is 0 Å². The van der Waals surface area contributed by atoms with Crippen molar-refractivity contribution in [1.82, 2.24) is 23.7 Å². The number of nitrogens with zero attached hydrogens (tertiary/aromatic N) is 5. The molecule has 0 aliphatic carbocycles. The molecule has 14 aromatic rings. The minimum absolute atomic E-state index is 0.675. The van der Waals surface area contributed by atoms with E-state index in [0.717, 1.165) is 77.4 Å². The highest BCUT2D eigenvalue weighted by molar-refractivity contribution is 6.15. The highest BCUT2D eigenvalue weighted by Gasteiger charge is 2.22. The molecular weight excluding hydrogens is 791 g/mol. The van der Waals surface area contributed by atoms with E-state index in [1.165, 1.54) is 43.6 Å². The maximum absolute atomic E-state index is 5.68. The van der Waals surface area contributed by atoms with Crippen molar-refractivity contribution in [3.8, 4) is 39.7 Å². The molecule has 4 heterocycles. The lowest BCUT2D eigenvalue weighted by Gasteiger charge is -2.16. The summed E-state index contributed by atoms with van der Waals surface area (Å²) in [5.41, 5.74) is 13.1. The van der Waals surface area contributed by atoms with Gasteiger partial charge in [-0.15, -0.1) is 0 Å². The summed E-state index contributed by atoms with van der Waals surface area (Å²) >= 11 is 0. The predicted molar refractivity (Wildman–Crippen MR) is 271 cm³/mol. The Morgan fingerprint density at radius 3 is 1.28 bits per heavy atom. The lowest BCUT2D eigenvalue weighted by Crippen LogP contribution is -2.04. The van der Waals surface area contributed by atoms with E-state index in [1.807, 2.05) is 0 Å². The van der Waals surface area contributed by atoms with Crippen LogP contribution in [0.5, 0.6) is 0 Å². The first-order valence-corrected chi connectivity index (χ1v) is 22.2. The van der Waals surface area contributed by atoms with Gasteiger partial charge in [0.1, 0.15) is 5.82 Å². The summed E-state index contributed by atoms with van der Waals surface area (Å²) in [5, 5.41) is 10.4. The van der Waals surface area contributed by atoms with Crippen LogP contribution >= 0.6 is 0 Å². The van der Waals surface area contributed by atoms with Crippen LogP contribution in [-0.2, 0) is 0 Å². The number of hydrogen-bond donors (Lipinski definition) is 0. The summed E-state index contributed by atoms with van der Waals surface area (Å²) in [6.07, 6.45) is 0. The summed E-state index contributed by atoms with van der Waals surface area (Å²) in [7, 11) is 0. The standard InChI is InChI=1S/C60H37N5/c1-2-15-38(16-3-1)40-18-14-19-41(35-40)59-61-58-44-20-5-4-17-39(44)29-32-51(58)60(62-59)65-56-36-42(63-52-25-10-6-21-45(52)46-22-7-11-26-53(46)63)30-33-49(56)50-34-31-43(37-57(50)65)64-54-27-12-8-23-47(54)48-24-9-13-28-55(48)64/h1-37H. The van der Waals surface area contributed by atoms with Crippen LogP contribution in [0.3, 0.4) is 0 Å². The Bertz CT molecular complexity index is 3970. The normalized spacial score (nSPS) is 12.0. The van der Waals surface area contributed by atoms with Crippen LogP contribution in [0.4, 0.5) is 0 Å². The van der Waals surface area contributed by atoms with Crippen LogP contribution < -0.4 is 0 Å². The fourth-order valence-corrected chi connectivity index (χ4v) is 10.5. The van der Waals surface area contributed by atoms with Gasteiger partial charge in [-0.05, 0) is 77.2 Å².